The van der Waals surface area contributed by atoms with Gasteiger partial charge in [0.25, 0.3) is 0 Å². The summed E-state index contributed by atoms with van der Waals surface area (Å²) in [7, 11) is -2.13. The second kappa shape index (κ2) is 16.2. The molecule has 1 aliphatic rings. The Morgan fingerprint density at radius 1 is 0.955 bits per heavy atom. The normalized spacial score (nSPS) is 14.2. The van der Waals surface area contributed by atoms with Crippen LogP contribution in [0.15, 0.2) is 84.9 Å². The molecule has 0 saturated carbocycles. The van der Waals surface area contributed by atoms with Gasteiger partial charge in [0.05, 0.1) is 24.8 Å². The minimum absolute atomic E-state index is 0.0324. The summed E-state index contributed by atoms with van der Waals surface area (Å²) in [6.45, 7) is 3.09. The topological polar surface area (TPSA) is 87.2 Å². The fraction of sp³-hybridized carbons (Fsp3) is 0.412. The number of benzene rings is 3. The third-order valence-electron chi connectivity index (χ3n) is 8.00. The van der Waals surface area contributed by atoms with E-state index in [0.717, 1.165) is 16.7 Å². The van der Waals surface area contributed by atoms with Crippen molar-refractivity contribution in [2.45, 2.75) is 44.7 Å². The summed E-state index contributed by atoms with van der Waals surface area (Å²) in [6, 6.07) is 26.8. The van der Waals surface area contributed by atoms with E-state index in [1.54, 1.807) is 17.9 Å². The number of ether oxygens (including phenoxy) is 1. The van der Waals surface area contributed by atoms with Crippen LogP contribution in [0, 0.1) is 0 Å². The highest BCUT2D eigenvalue weighted by atomic mass is 35.5. The van der Waals surface area contributed by atoms with Crippen molar-refractivity contribution in [2.75, 3.05) is 45.6 Å². The van der Waals surface area contributed by atoms with Crippen LogP contribution >= 0.6 is 11.6 Å². The van der Waals surface area contributed by atoms with Gasteiger partial charge < -0.3 is 14.5 Å². The molecular weight excluding hydrogens is 598 g/mol. The number of methoxy groups -OCH3 is 1. The van der Waals surface area contributed by atoms with Crippen molar-refractivity contribution in [3.63, 3.8) is 0 Å². The van der Waals surface area contributed by atoms with Gasteiger partial charge in [0.15, 0.2) is 0 Å². The van der Waals surface area contributed by atoms with E-state index in [9.17, 15) is 18.0 Å². The Labute approximate surface area is 266 Å². The Hall–Kier alpha value is -3.24. The quantitative estimate of drug-likeness (QED) is 0.243. The van der Waals surface area contributed by atoms with E-state index in [4.69, 9.17) is 16.3 Å². The summed E-state index contributed by atoms with van der Waals surface area (Å²) in [5, 5.41) is 0.565. The Balaban J connectivity index is 1.54. The summed E-state index contributed by atoms with van der Waals surface area (Å²) in [5.41, 5.74) is 2.73. The van der Waals surface area contributed by atoms with Crippen molar-refractivity contribution in [1.29, 1.82) is 0 Å². The van der Waals surface area contributed by atoms with E-state index in [1.807, 2.05) is 83.8 Å². The highest BCUT2D eigenvalue weighted by Gasteiger charge is 2.35. The molecule has 3 aromatic carbocycles. The number of sulfonamides is 1. The molecule has 0 spiro atoms. The van der Waals surface area contributed by atoms with Gasteiger partial charge in [-0.15, -0.1) is 0 Å². The molecule has 44 heavy (non-hydrogen) atoms. The Kier molecular flexibility index (Phi) is 12.4. The van der Waals surface area contributed by atoms with Gasteiger partial charge in [-0.2, -0.15) is 4.31 Å². The first-order valence-corrected chi connectivity index (χ1v) is 17.1. The summed E-state index contributed by atoms with van der Waals surface area (Å²) in [6.07, 6.45) is 1.61. The van der Waals surface area contributed by atoms with Crippen LogP contribution in [0.5, 0.6) is 0 Å². The molecule has 1 fully saturated rings. The van der Waals surface area contributed by atoms with Crippen LogP contribution in [0.3, 0.4) is 0 Å². The average molecular weight is 640 g/mol. The molecule has 2 amide bonds. The Morgan fingerprint density at radius 2 is 1.57 bits per heavy atom. The van der Waals surface area contributed by atoms with Crippen molar-refractivity contribution in [3.05, 3.63) is 107 Å². The minimum Gasteiger partial charge on any atom is -0.383 e. The second-order valence-corrected chi connectivity index (χ2v) is 13.6. The van der Waals surface area contributed by atoms with Gasteiger partial charge in [0.1, 0.15) is 0 Å². The number of hydrogen-bond acceptors (Lipinski definition) is 5. The predicted molar refractivity (Wildman–Crippen MR) is 174 cm³/mol. The van der Waals surface area contributed by atoms with Gasteiger partial charge in [0, 0.05) is 44.4 Å². The maximum Gasteiger partial charge on any atom is 0.238 e. The highest BCUT2D eigenvalue weighted by Crippen LogP contribution is 2.29. The largest absolute Gasteiger partial charge is 0.383 e. The van der Waals surface area contributed by atoms with Crippen molar-refractivity contribution in [1.82, 2.24) is 14.1 Å². The number of rotatable bonds is 14. The van der Waals surface area contributed by atoms with Gasteiger partial charge in [0.2, 0.25) is 21.8 Å². The Bertz CT molecular complexity index is 1430. The average Bonchev–Trinajstić information content (AvgIpc) is 3.03. The second-order valence-electron chi connectivity index (χ2n) is 11.1. The van der Waals surface area contributed by atoms with Gasteiger partial charge in [-0.3, -0.25) is 9.59 Å². The van der Waals surface area contributed by atoms with E-state index < -0.39 is 15.9 Å². The third-order valence-corrected chi connectivity index (χ3v) is 10.3. The molecule has 0 unspecified atom stereocenters. The van der Waals surface area contributed by atoms with Crippen LogP contribution in [-0.4, -0.2) is 86.0 Å². The number of hydrogen-bond donors (Lipinski definition) is 0. The molecule has 3 aromatic rings. The van der Waals surface area contributed by atoms with Crippen LogP contribution in [0.4, 0.5) is 0 Å². The molecule has 0 aliphatic carbocycles. The number of amides is 2. The molecule has 0 aromatic heterocycles. The molecule has 1 saturated heterocycles. The van der Waals surface area contributed by atoms with E-state index >= 15 is 0 Å². The maximum absolute atomic E-state index is 14.0. The summed E-state index contributed by atoms with van der Waals surface area (Å²) in [4.78, 5) is 31.6. The molecule has 1 aliphatic heterocycles. The standard InChI is InChI=1S/C34H42ClN3O5S/c1-3-23-44(41,42)37(21-22-43-2)26-32(39)38(25-27-11-10-16-30(35)24-27)31-17-19-36(20-18-31)34(40)33(28-12-6-4-7-13-28)29-14-8-5-9-15-29/h4-16,24,31,33H,3,17-23,25-26H2,1-2H3. The molecular formula is C34H42ClN3O5S. The minimum atomic E-state index is -3.63. The molecule has 0 atom stereocenters. The molecule has 0 N–H and O–H groups in total. The molecule has 4 rings (SSSR count). The van der Waals surface area contributed by atoms with Crippen LogP contribution in [0.2, 0.25) is 5.02 Å². The van der Waals surface area contributed by atoms with Crippen LogP contribution in [-0.2, 0) is 30.9 Å². The molecule has 1 heterocycles. The summed E-state index contributed by atoms with van der Waals surface area (Å²) < 4.78 is 32.4. The predicted octanol–water partition coefficient (Wildman–Crippen LogP) is 5.18. The van der Waals surface area contributed by atoms with Gasteiger partial charge >= 0.3 is 0 Å². The molecule has 0 radical (unpaired) electrons. The first kappa shape index (κ1) is 33.6. The smallest absolute Gasteiger partial charge is 0.238 e. The summed E-state index contributed by atoms with van der Waals surface area (Å²) >= 11 is 6.27. The SMILES string of the molecule is CCCS(=O)(=O)N(CCOC)CC(=O)N(Cc1cccc(Cl)c1)C1CCN(C(=O)C(c2ccccc2)c2ccccc2)CC1. The van der Waals surface area contributed by atoms with Crippen molar-refractivity contribution >= 4 is 33.4 Å². The van der Waals surface area contributed by atoms with Gasteiger partial charge in [-0.1, -0.05) is 91.3 Å². The van der Waals surface area contributed by atoms with Crippen LogP contribution in [0.25, 0.3) is 0 Å². The lowest BCUT2D eigenvalue weighted by molar-refractivity contribution is -0.137. The summed E-state index contributed by atoms with van der Waals surface area (Å²) in [5.74, 6) is -0.707. The number of halogens is 1. The van der Waals surface area contributed by atoms with E-state index in [2.05, 4.69) is 0 Å². The number of likely N-dealkylation sites (tertiary alicyclic amines) is 1. The molecule has 0 bridgehead atoms. The lowest BCUT2D eigenvalue weighted by atomic mass is 9.89. The fourth-order valence-electron chi connectivity index (χ4n) is 5.74. The van der Waals surface area contributed by atoms with Crippen molar-refractivity contribution in [2.24, 2.45) is 0 Å². The first-order valence-electron chi connectivity index (χ1n) is 15.1. The lowest BCUT2D eigenvalue weighted by Crippen LogP contribution is -2.52. The number of carbonyl (C=O) groups is 2. The van der Waals surface area contributed by atoms with E-state index in [-0.39, 0.29) is 43.3 Å². The van der Waals surface area contributed by atoms with Crippen molar-refractivity contribution in [3.8, 4) is 0 Å². The van der Waals surface area contributed by atoms with E-state index in [1.165, 1.54) is 11.4 Å². The number of carbonyl (C=O) groups excluding carboxylic acids is 2. The van der Waals surface area contributed by atoms with Crippen LogP contribution < -0.4 is 0 Å². The number of nitrogens with zero attached hydrogens (tertiary/aromatic N) is 3. The highest BCUT2D eigenvalue weighted by molar-refractivity contribution is 7.89. The molecule has 8 nitrogen and oxygen atoms in total. The fourth-order valence-corrected chi connectivity index (χ4v) is 7.39. The van der Waals surface area contributed by atoms with E-state index in [0.29, 0.717) is 43.9 Å². The van der Waals surface area contributed by atoms with Crippen LogP contribution in [0.1, 0.15) is 48.8 Å². The van der Waals surface area contributed by atoms with Gasteiger partial charge in [-0.25, -0.2) is 8.42 Å². The lowest BCUT2D eigenvalue weighted by Gasteiger charge is -2.40. The zero-order chi connectivity index (χ0) is 31.5. The maximum atomic E-state index is 14.0. The monoisotopic (exact) mass is 639 g/mol. The first-order chi connectivity index (χ1) is 21.2. The Morgan fingerprint density at radius 3 is 2.11 bits per heavy atom. The third kappa shape index (κ3) is 8.91. The van der Waals surface area contributed by atoms with Gasteiger partial charge in [-0.05, 0) is 48.1 Å². The molecule has 236 valence electrons. The molecule has 10 heteroatoms. The zero-order valence-electron chi connectivity index (χ0n) is 25.5. The van der Waals surface area contributed by atoms with Crippen molar-refractivity contribution < 1.29 is 22.7 Å². The zero-order valence-corrected chi connectivity index (χ0v) is 27.1. The number of piperidine rings is 1.